The average Bonchev–Trinajstić information content (AvgIpc) is 3.02. The van der Waals surface area contributed by atoms with E-state index in [2.05, 4.69) is 41.1 Å². The summed E-state index contributed by atoms with van der Waals surface area (Å²) in [6.45, 7) is 8.86. The Hall–Kier alpha value is -2.05. The van der Waals surface area contributed by atoms with Gasteiger partial charge in [0.2, 0.25) is 0 Å². The molecule has 1 saturated carbocycles. The quantitative estimate of drug-likeness (QED) is 0.788. The van der Waals surface area contributed by atoms with Crippen LogP contribution in [0.5, 0.6) is 0 Å². The van der Waals surface area contributed by atoms with E-state index >= 15 is 0 Å². The highest BCUT2D eigenvalue weighted by molar-refractivity contribution is 5.85. The Balaban J connectivity index is 1.92. The number of esters is 1. The molecule has 4 rings (SSSR count). The summed E-state index contributed by atoms with van der Waals surface area (Å²) in [5, 5.41) is 12.6. The third kappa shape index (κ3) is 1.39. The molecule has 0 amide bonds. The van der Waals surface area contributed by atoms with Crippen molar-refractivity contribution in [3.63, 3.8) is 0 Å². The number of aromatic nitrogens is 5. The predicted octanol–water partition coefficient (Wildman–Crippen LogP) is 1.87. The number of nitrogens with zero attached hydrogens (tertiary/aromatic N) is 5. The summed E-state index contributed by atoms with van der Waals surface area (Å²) in [6, 6.07) is 0. The van der Waals surface area contributed by atoms with E-state index in [9.17, 15) is 4.79 Å². The van der Waals surface area contributed by atoms with Crippen molar-refractivity contribution < 1.29 is 9.53 Å². The van der Waals surface area contributed by atoms with Crippen LogP contribution in [0.1, 0.15) is 68.5 Å². The summed E-state index contributed by atoms with van der Waals surface area (Å²) >= 11 is 0. The summed E-state index contributed by atoms with van der Waals surface area (Å²) < 4.78 is 6.43. The smallest absolute Gasteiger partial charge is 0.378 e. The van der Waals surface area contributed by atoms with Gasteiger partial charge in [0.1, 0.15) is 0 Å². The van der Waals surface area contributed by atoms with Crippen molar-refractivity contribution in [2.24, 2.45) is 5.41 Å². The molecule has 7 nitrogen and oxygen atoms in total. The molecule has 2 aliphatic carbocycles. The molecule has 2 aromatic rings. The van der Waals surface area contributed by atoms with Gasteiger partial charge < -0.3 is 4.74 Å². The second kappa shape index (κ2) is 4.02. The summed E-state index contributed by atoms with van der Waals surface area (Å²) in [6.07, 6.45) is 2.22. The van der Waals surface area contributed by atoms with Crippen LogP contribution in [-0.2, 0) is 10.2 Å². The molecule has 0 spiro atoms. The first-order valence-corrected chi connectivity index (χ1v) is 7.71. The van der Waals surface area contributed by atoms with Gasteiger partial charge in [0, 0.05) is 11.3 Å². The zero-order valence-electron chi connectivity index (χ0n) is 13.3. The molecule has 0 aliphatic heterocycles. The molecule has 2 aliphatic rings. The third-order valence-corrected chi connectivity index (χ3v) is 5.82. The minimum atomic E-state index is -0.516. The molecule has 0 radical (unpaired) electrons. The first-order valence-electron chi connectivity index (χ1n) is 7.71. The number of rotatable bonds is 2. The fourth-order valence-corrected chi connectivity index (χ4v) is 4.11. The van der Waals surface area contributed by atoms with Crippen molar-refractivity contribution in [3.8, 4) is 0 Å². The minimum absolute atomic E-state index is 0.0117. The van der Waals surface area contributed by atoms with Gasteiger partial charge in [0.15, 0.2) is 0 Å². The molecule has 7 heteroatoms. The van der Waals surface area contributed by atoms with Crippen molar-refractivity contribution >= 4 is 11.7 Å². The standard InChI is InChI=1S/C15H19N5O2/c1-5-22-12(21)11-17-18-13-16-10-9(19-20(11)13)8-6-7-15(10,4)14(8,2)3/h8H,5-7H2,1-4H3/t8-,15+/m1/s1. The number of ether oxygens (including phenoxy) is 1. The van der Waals surface area contributed by atoms with E-state index in [4.69, 9.17) is 4.74 Å². The Labute approximate surface area is 128 Å². The largest absolute Gasteiger partial charge is 0.460 e. The number of carbonyl (C=O) groups is 1. The Morgan fingerprint density at radius 1 is 1.36 bits per heavy atom. The zero-order chi connectivity index (χ0) is 15.7. The van der Waals surface area contributed by atoms with Crippen LogP contribution < -0.4 is 0 Å². The van der Waals surface area contributed by atoms with Crippen LogP contribution in [0.3, 0.4) is 0 Å². The molecule has 22 heavy (non-hydrogen) atoms. The Morgan fingerprint density at radius 2 is 2.14 bits per heavy atom. The number of fused-ring (bicyclic) bond motifs is 6. The topological polar surface area (TPSA) is 82.3 Å². The van der Waals surface area contributed by atoms with Gasteiger partial charge in [0.05, 0.1) is 18.0 Å². The lowest BCUT2D eigenvalue weighted by atomic mass is 9.70. The Bertz CT molecular complexity index is 797. The minimum Gasteiger partial charge on any atom is -0.460 e. The molecule has 0 saturated heterocycles. The molecule has 0 N–H and O–H groups in total. The molecule has 0 unspecified atom stereocenters. The van der Waals surface area contributed by atoms with E-state index < -0.39 is 5.97 Å². The van der Waals surface area contributed by atoms with Gasteiger partial charge >= 0.3 is 5.97 Å². The lowest BCUT2D eigenvalue weighted by Gasteiger charge is -2.33. The maximum atomic E-state index is 12.0. The van der Waals surface area contributed by atoms with E-state index in [1.807, 2.05) is 0 Å². The van der Waals surface area contributed by atoms with Gasteiger partial charge in [-0.3, -0.25) is 0 Å². The first-order chi connectivity index (χ1) is 10.4. The zero-order valence-corrected chi connectivity index (χ0v) is 13.3. The highest BCUT2D eigenvalue weighted by Gasteiger charge is 2.61. The molecule has 116 valence electrons. The molecule has 2 bridgehead atoms. The SMILES string of the molecule is CCOC(=O)c1nnc2nc3c(nn12)[C@H]1CC[C@]3(C)C1(C)C. The van der Waals surface area contributed by atoms with Gasteiger partial charge in [-0.25, -0.2) is 9.78 Å². The Kier molecular flexibility index (Phi) is 2.49. The molecule has 1 fully saturated rings. The Morgan fingerprint density at radius 3 is 2.86 bits per heavy atom. The van der Waals surface area contributed by atoms with E-state index in [-0.39, 0.29) is 16.7 Å². The van der Waals surface area contributed by atoms with Gasteiger partial charge in [-0.1, -0.05) is 20.8 Å². The van der Waals surface area contributed by atoms with Crippen LogP contribution in [0.4, 0.5) is 0 Å². The van der Waals surface area contributed by atoms with E-state index in [0.717, 1.165) is 24.2 Å². The lowest BCUT2D eigenvalue weighted by Crippen LogP contribution is -2.32. The van der Waals surface area contributed by atoms with Crippen LogP contribution in [0.25, 0.3) is 5.78 Å². The maximum absolute atomic E-state index is 12.0. The fraction of sp³-hybridized carbons (Fsp3) is 0.667. The highest BCUT2D eigenvalue weighted by Crippen LogP contribution is 2.66. The van der Waals surface area contributed by atoms with Crippen LogP contribution in [0.15, 0.2) is 0 Å². The summed E-state index contributed by atoms with van der Waals surface area (Å²) in [5.74, 6) is 0.309. The van der Waals surface area contributed by atoms with Gasteiger partial charge in [-0.2, -0.15) is 9.61 Å². The van der Waals surface area contributed by atoms with Crippen LogP contribution in [0.2, 0.25) is 0 Å². The van der Waals surface area contributed by atoms with E-state index in [1.54, 1.807) is 6.92 Å². The molecular formula is C15H19N5O2. The maximum Gasteiger partial charge on any atom is 0.378 e. The number of carbonyl (C=O) groups excluding carboxylic acids is 1. The summed E-state index contributed by atoms with van der Waals surface area (Å²) in [7, 11) is 0. The second-order valence-corrected chi connectivity index (χ2v) is 6.95. The molecule has 0 aromatic carbocycles. The number of hydrogen-bond acceptors (Lipinski definition) is 6. The van der Waals surface area contributed by atoms with Crippen LogP contribution in [-0.4, -0.2) is 37.4 Å². The van der Waals surface area contributed by atoms with Crippen molar-refractivity contribution in [1.29, 1.82) is 0 Å². The fourth-order valence-electron chi connectivity index (χ4n) is 4.11. The molecule has 2 atom stereocenters. The van der Waals surface area contributed by atoms with Crippen molar-refractivity contribution in [2.45, 2.75) is 51.9 Å². The van der Waals surface area contributed by atoms with E-state index in [1.165, 1.54) is 4.52 Å². The van der Waals surface area contributed by atoms with Crippen molar-refractivity contribution in [1.82, 2.24) is 24.8 Å². The third-order valence-electron chi connectivity index (χ3n) is 5.82. The van der Waals surface area contributed by atoms with Crippen LogP contribution in [0, 0.1) is 5.41 Å². The predicted molar refractivity (Wildman–Crippen MR) is 77.6 cm³/mol. The lowest BCUT2D eigenvalue weighted by molar-refractivity contribution is 0.0508. The molecule has 2 aromatic heterocycles. The highest BCUT2D eigenvalue weighted by atomic mass is 16.5. The van der Waals surface area contributed by atoms with E-state index in [0.29, 0.717) is 18.3 Å². The van der Waals surface area contributed by atoms with Gasteiger partial charge in [-0.05, 0) is 25.2 Å². The second-order valence-electron chi connectivity index (χ2n) is 6.95. The van der Waals surface area contributed by atoms with Crippen molar-refractivity contribution in [2.75, 3.05) is 6.61 Å². The summed E-state index contributed by atoms with van der Waals surface area (Å²) in [4.78, 5) is 16.6. The van der Waals surface area contributed by atoms with Crippen LogP contribution >= 0.6 is 0 Å². The van der Waals surface area contributed by atoms with Gasteiger partial charge in [-0.15, -0.1) is 10.2 Å². The number of hydrogen-bond donors (Lipinski definition) is 0. The normalized spacial score (nSPS) is 28.1. The first kappa shape index (κ1) is 13.6. The molecular weight excluding hydrogens is 282 g/mol. The molecule has 2 heterocycles. The monoisotopic (exact) mass is 301 g/mol. The average molecular weight is 301 g/mol. The van der Waals surface area contributed by atoms with Crippen molar-refractivity contribution in [3.05, 3.63) is 17.2 Å². The van der Waals surface area contributed by atoms with Gasteiger partial charge in [0.25, 0.3) is 11.6 Å². The summed E-state index contributed by atoms with van der Waals surface area (Å²) in [5.41, 5.74) is 2.13.